The Labute approximate surface area is 142 Å². The van der Waals surface area contributed by atoms with E-state index in [0.29, 0.717) is 31.3 Å². The fourth-order valence-corrected chi connectivity index (χ4v) is 3.93. The van der Waals surface area contributed by atoms with Crippen LogP contribution in [-0.2, 0) is 19.3 Å². The summed E-state index contributed by atoms with van der Waals surface area (Å²) in [6.07, 6.45) is 0. The van der Waals surface area contributed by atoms with E-state index in [0.717, 1.165) is 0 Å². The Morgan fingerprint density at radius 3 is 2.70 bits per heavy atom. The van der Waals surface area contributed by atoms with E-state index < -0.39 is 14.6 Å². The molecular formula is C15H22ClN3O3S. The Balaban J connectivity index is 2.51. The van der Waals surface area contributed by atoms with Crippen molar-refractivity contribution in [2.24, 2.45) is 0 Å². The number of aromatic nitrogens is 2. The standard InChI is InChI=1S/C15H22ClN3O3S/c1-10(2)23(20,21)15(4,5)12-8-13(18-14(16)17-12)19-6-7-22-9-11(19)3/h8,11H,1,6-7,9H2,2-5H3/t11-/m0/s1. The molecule has 2 heterocycles. The van der Waals surface area contributed by atoms with E-state index >= 15 is 0 Å². The molecule has 1 aromatic rings. The minimum absolute atomic E-state index is 0.0289. The van der Waals surface area contributed by atoms with Crippen molar-refractivity contribution in [2.45, 2.75) is 38.5 Å². The first-order chi connectivity index (χ1) is 10.6. The maximum Gasteiger partial charge on any atom is 0.224 e. The molecule has 1 aromatic heterocycles. The Morgan fingerprint density at radius 1 is 1.48 bits per heavy atom. The number of rotatable bonds is 4. The van der Waals surface area contributed by atoms with Gasteiger partial charge >= 0.3 is 0 Å². The van der Waals surface area contributed by atoms with Crippen LogP contribution in [0.5, 0.6) is 0 Å². The summed E-state index contributed by atoms with van der Waals surface area (Å²) in [4.78, 5) is 10.5. The summed E-state index contributed by atoms with van der Waals surface area (Å²) in [6.45, 7) is 12.1. The number of hydrogen-bond acceptors (Lipinski definition) is 6. The monoisotopic (exact) mass is 359 g/mol. The lowest BCUT2D eigenvalue weighted by molar-refractivity contribution is 0.0985. The van der Waals surface area contributed by atoms with E-state index in [1.807, 2.05) is 11.8 Å². The predicted molar refractivity (Wildman–Crippen MR) is 91.4 cm³/mol. The number of hydrogen-bond donors (Lipinski definition) is 0. The fourth-order valence-electron chi connectivity index (χ4n) is 2.50. The summed E-state index contributed by atoms with van der Waals surface area (Å²) in [5.41, 5.74) is 0.356. The highest BCUT2D eigenvalue weighted by Crippen LogP contribution is 2.34. The van der Waals surface area contributed by atoms with E-state index in [-0.39, 0.29) is 16.2 Å². The van der Waals surface area contributed by atoms with Crippen molar-refractivity contribution in [3.8, 4) is 0 Å². The molecule has 1 aliphatic heterocycles. The molecule has 1 aliphatic rings. The zero-order valence-corrected chi connectivity index (χ0v) is 15.4. The largest absolute Gasteiger partial charge is 0.377 e. The third-order valence-electron chi connectivity index (χ3n) is 4.09. The molecule has 1 atom stereocenters. The van der Waals surface area contributed by atoms with Gasteiger partial charge in [0, 0.05) is 17.5 Å². The van der Waals surface area contributed by atoms with Gasteiger partial charge in [-0.25, -0.2) is 18.4 Å². The molecule has 0 amide bonds. The second-order valence-electron chi connectivity index (χ2n) is 6.21. The minimum Gasteiger partial charge on any atom is -0.377 e. The average Bonchev–Trinajstić information content (AvgIpc) is 2.46. The Hall–Kier alpha value is -1.18. The smallest absolute Gasteiger partial charge is 0.224 e. The zero-order valence-electron chi connectivity index (χ0n) is 13.8. The van der Waals surface area contributed by atoms with Gasteiger partial charge < -0.3 is 9.64 Å². The van der Waals surface area contributed by atoms with Crippen molar-refractivity contribution in [1.29, 1.82) is 0 Å². The van der Waals surface area contributed by atoms with Crippen molar-refractivity contribution in [2.75, 3.05) is 24.7 Å². The molecule has 0 aliphatic carbocycles. The van der Waals surface area contributed by atoms with E-state index in [4.69, 9.17) is 16.3 Å². The molecule has 0 saturated carbocycles. The lowest BCUT2D eigenvalue weighted by Crippen LogP contribution is -2.44. The predicted octanol–water partition coefficient (Wildman–Crippen LogP) is 2.54. The van der Waals surface area contributed by atoms with Crippen molar-refractivity contribution in [3.05, 3.63) is 28.5 Å². The summed E-state index contributed by atoms with van der Waals surface area (Å²) in [6, 6.07) is 1.82. The first-order valence-corrected chi connectivity index (χ1v) is 9.23. The summed E-state index contributed by atoms with van der Waals surface area (Å²) >= 11 is 6.06. The number of allylic oxidation sites excluding steroid dienone is 1. The van der Waals surface area contributed by atoms with E-state index in [1.54, 1.807) is 19.9 Å². The van der Waals surface area contributed by atoms with Crippen LogP contribution in [0.25, 0.3) is 0 Å². The number of halogens is 1. The van der Waals surface area contributed by atoms with Crippen LogP contribution < -0.4 is 4.90 Å². The SMILES string of the molecule is C=C(C)S(=O)(=O)C(C)(C)c1cc(N2CCOC[C@@H]2C)nc(Cl)n1. The van der Waals surface area contributed by atoms with Gasteiger partial charge in [0.25, 0.3) is 0 Å². The van der Waals surface area contributed by atoms with Crippen molar-refractivity contribution >= 4 is 27.3 Å². The molecule has 2 rings (SSSR count). The minimum atomic E-state index is -3.59. The molecule has 0 aromatic carbocycles. The first-order valence-electron chi connectivity index (χ1n) is 7.37. The molecule has 8 heteroatoms. The van der Waals surface area contributed by atoms with Gasteiger partial charge in [-0.05, 0) is 39.3 Å². The van der Waals surface area contributed by atoms with Crippen LogP contribution in [0.15, 0.2) is 17.6 Å². The molecule has 0 bridgehead atoms. The Bertz CT molecular complexity index is 719. The third-order valence-corrected chi connectivity index (χ3v) is 6.73. The van der Waals surface area contributed by atoms with E-state index in [9.17, 15) is 8.42 Å². The van der Waals surface area contributed by atoms with Crippen LogP contribution in [0.4, 0.5) is 5.82 Å². The van der Waals surface area contributed by atoms with Gasteiger partial charge in [-0.2, -0.15) is 0 Å². The zero-order chi connectivity index (χ0) is 17.4. The second kappa shape index (κ2) is 6.37. The highest BCUT2D eigenvalue weighted by molar-refractivity contribution is 7.96. The number of sulfone groups is 1. The number of morpholine rings is 1. The van der Waals surface area contributed by atoms with Crippen LogP contribution in [0, 0.1) is 0 Å². The molecular weight excluding hydrogens is 338 g/mol. The summed E-state index contributed by atoms with van der Waals surface area (Å²) in [5, 5.41) is 0.0289. The molecule has 0 unspecified atom stereocenters. The first kappa shape index (κ1) is 18.2. The van der Waals surface area contributed by atoms with Crippen molar-refractivity contribution in [1.82, 2.24) is 9.97 Å². The van der Waals surface area contributed by atoms with Crippen LogP contribution in [0.2, 0.25) is 5.28 Å². The van der Waals surface area contributed by atoms with E-state index in [1.165, 1.54) is 6.92 Å². The fraction of sp³-hybridized carbons (Fsp3) is 0.600. The van der Waals surface area contributed by atoms with Crippen LogP contribution in [0.3, 0.4) is 0 Å². The van der Waals surface area contributed by atoms with Gasteiger partial charge in [0.05, 0.1) is 24.9 Å². The molecule has 23 heavy (non-hydrogen) atoms. The molecule has 6 nitrogen and oxygen atoms in total. The highest BCUT2D eigenvalue weighted by atomic mass is 35.5. The van der Waals surface area contributed by atoms with Crippen LogP contribution in [-0.4, -0.2) is 44.2 Å². The molecule has 0 N–H and O–H groups in total. The van der Waals surface area contributed by atoms with Gasteiger partial charge in [0.15, 0.2) is 9.84 Å². The second-order valence-corrected chi connectivity index (χ2v) is 9.28. The van der Waals surface area contributed by atoms with Gasteiger partial charge in [-0.3, -0.25) is 0 Å². The maximum absolute atomic E-state index is 12.6. The summed E-state index contributed by atoms with van der Waals surface area (Å²) in [7, 11) is -3.59. The maximum atomic E-state index is 12.6. The van der Waals surface area contributed by atoms with Crippen LogP contribution >= 0.6 is 11.6 Å². The van der Waals surface area contributed by atoms with Crippen LogP contribution in [0.1, 0.15) is 33.4 Å². The highest BCUT2D eigenvalue weighted by Gasteiger charge is 2.39. The quantitative estimate of drug-likeness (QED) is 0.769. The molecule has 128 valence electrons. The molecule has 0 radical (unpaired) electrons. The van der Waals surface area contributed by atoms with Gasteiger partial charge in [-0.15, -0.1) is 0 Å². The third kappa shape index (κ3) is 3.36. The molecule has 1 fully saturated rings. The number of ether oxygens (including phenoxy) is 1. The van der Waals surface area contributed by atoms with Gasteiger partial charge in [0.2, 0.25) is 5.28 Å². The van der Waals surface area contributed by atoms with Gasteiger partial charge in [0.1, 0.15) is 10.6 Å². The van der Waals surface area contributed by atoms with E-state index in [2.05, 4.69) is 16.5 Å². The van der Waals surface area contributed by atoms with Crippen molar-refractivity contribution in [3.63, 3.8) is 0 Å². The van der Waals surface area contributed by atoms with Gasteiger partial charge in [-0.1, -0.05) is 6.58 Å². The summed E-state index contributed by atoms with van der Waals surface area (Å²) < 4.78 is 29.3. The lowest BCUT2D eigenvalue weighted by Gasteiger charge is -2.35. The number of nitrogens with zero attached hydrogens (tertiary/aromatic N) is 3. The lowest BCUT2D eigenvalue weighted by atomic mass is 10.1. The topological polar surface area (TPSA) is 72.4 Å². The average molecular weight is 360 g/mol. The molecule has 0 spiro atoms. The van der Waals surface area contributed by atoms with Crippen molar-refractivity contribution < 1.29 is 13.2 Å². The molecule has 1 saturated heterocycles. The Morgan fingerprint density at radius 2 is 2.13 bits per heavy atom. The number of anilines is 1. The Kier molecular flexibility index (Phi) is 5.03. The normalized spacial score (nSPS) is 19.7. The summed E-state index contributed by atoms with van der Waals surface area (Å²) in [5.74, 6) is 0.612.